The molecule has 0 N–H and O–H groups in total. The Morgan fingerprint density at radius 2 is 1.80 bits per heavy atom. The Labute approximate surface area is 91.6 Å². The average molecular weight is 224 g/mol. The lowest BCUT2D eigenvalue weighted by atomic mass is 10.1. The molecule has 15 heavy (non-hydrogen) atoms. The van der Waals surface area contributed by atoms with Crippen LogP contribution in [0.4, 0.5) is 0 Å². The van der Waals surface area contributed by atoms with Crippen molar-refractivity contribution in [2.24, 2.45) is 0 Å². The van der Waals surface area contributed by atoms with Gasteiger partial charge in [-0.3, -0.25) is 0 Å². The number of sulfone groups is 1. The number of allylic oxidation sites excluding steroid dienone is 1. The predicted octanol–water partition coefficient (Wildman–Crippen LogP) is 2.95. The van der Waals surface area contributed by atoms with E-state index in [1.54, 1.807) is 19.1 Å². The zero-order chi connectivity index (χ0) is 11.3. The van der Waals surface area contributed by atoms with E-state index >= 15 is 0 Å². The Bertz CT molecular complexity index is 427. The first kappa shape index (κ1) is 12.0. The third-order valence-corrected chi connectivity index (χ3v) is 3.67. The molecular formula is C12H16O2S. The number of hydrogen-bond acceptors (Lipinski definition) is 2. The molecule has 0 saturated carbocycles. The summed E-state index contributed by atoms with van der Waals surface area (Å²) in [5.41, 5.74) is 1.18. The van der Waals surface area contributed by atoms with E-state index < -0.39 is 9.84 Å². The summed E-state index contributed by atoms with van der Waals surface area (Å²) in [7, 11) is -3.22. The second-order valence-corrected chi connectivity index (χ2v) is 5.24. The van der Waals surface area contributed by atoms with E-state index in [0.717, 1.165) is 12.8 Å². The van der Waals surface area contributed by atoms with Gasteiger partial charge in [0.1, 0.15) is 0 Å². The van der Waals surface area contributed by atoms with Crippen molar-refractivity contribution in [1.29, 1.82) is 0 Å². The van der Waals surface area contributed by atoms with E-state index in [4.69, 9.17) is 0 Å². The van der Waals surface area contributed by atoms with Crippen molar-refractivity contribution >= 4 is 9.84 Å². The van der Waals surface area contributed by atoms with Crippen molar-refractivity contribution in [3.8, 4) is 0 Å². The minimum Gasteiger partial charge on any atom is -0.219 e. The van der Waals surface area contributed by atoms with Gasteiger partial charge in [0.15, 0.2) is 9.84 Å². The maximum absolute atomic E-state index is 11.6. The van der Waals surface area contributed by atoms with Crippen LogP contribution in [0.3, 0.4) is 0 Å². The van der Waals surface area contributed by atoms with Crippen LogP contribution < -0.4 is 0 Å². The second-order valence-electron chi connectivity index (χ2n) is 3.41. The Morgan fingerprint density at radius 1 is 1.20 bits per heavy atom. The molecule has 0 aliphatic heterocycles. The molecule has 0 amide bonds. The van der Waals surface area contributed by atoms with Crippen molar-refractivity contribution in [3.63, 3.8) is 0 Å². The predicted molar refractivity (Wildman–Crippen MR) is 62.4 cm³/mol. The SMILES string of the molecule is C/C=C/S(=O)(=O)c1ccc(CCC)cc1. The monoisotopic (exact) mass is 224 g/mol. The van der Waals surface area contributed by atoms with Crippen LogP contribution in [0.5, 0.6) is 0 Å². The third kappa shape index (κ3) is 3.20. The summed E-state index contributed by atoms with van der Waals surface area (Å²) in [4.78, 5) is 0.362. The van der Waals surface area contributed by atoms with Crippen LogP contribution in [0.2, 0.25) is 0 Å². The molecule has 1 aromatic carbocycles. The van der Waals surface area contributed by atoms with Crippen LogP contribution in [0, 0.1) is 0 Å². The Balaban J connectivity index is 2.99. The summed E-state index contributed by atoms with van der Waals surface area (Å²) in [6.45, 7) is 3.80. The number of benzene rings is 1. The second kappa shape index (κ2) is 5.12. The van der Waals surface area contributed by atoms with Crippen molar-refractivity contribution in [2.75, 3.05) is 0 Å². The van der Waals surface area contributed by atoms with E-state index in [1.165, 1.54) is 17.0 Å². The molecule has 0 fully saturated rings. The molecule has 0 aliphatic carbocycles. The molecule has 0 atom stereocenters. The number of aryl methyl sites for hydroxylation is 1. The van der Waals surface area contributed by atoms with Crippen LogP contribution in [0.1, 0.15) is 25.8 Å². The highest BCUT2D eigenvalue weighted by Crippen LogP contribution is 2.14. The lowest BCUT2D eigenvalue weighted by Crippen LogP contribution is -1.96. The summed E-state index contributed by atoms with van der Waals surface area (Å²) in [5, 5.41) is 1.22. The summed E-state index contributed by atoms with van der Waals surface area (Å²) in [6, 6.07) is 7.08. The summed E-state index contributed by atoms with van der Waals surface area (Å²) < 4.78 is 23.2. The van der Waals surface area contributed by atoms with Gasteiger partial charge in [-0.05, 0) is 31.0 Å². The van der Waals surface area contributed by atoms with E-state index in [-0.39, 0.29) is 0 Å². The minimum atomic E-state index is -3.22. The summed E-state index contributed by atoms with van der Waals surface area (Å²) in [5.74, 6) is 0. The first-order valence-corrected chi connectivity index (χ1v) is 6.61. The van der Waals surface area contributed by atoms with Gasteiger partial charge in [0.25, 0.3) is 0 Å². The van der Waals surface area contributed by atoms with Gasteiger partial charge >= 0.3 is 0 Å². The highest BCUT2D eigenvalue weighted by Gasteiger charge is 2.08. The Kier molecular flexibility index (Phi) is 4.09. The van der Waals surface area contributed by atoms with Gasteiger partial charge in [-0.1, -0.05) is 31.6 Å². The molecule has 3 heteroatoms. The van der Waals surface area contributed by atoms with Crippen LogP contribution >= 0.6 is 0 Å². The molecular weight excluding hydrogens is 208 g/mol. The molecule has 82 valence electrons. The fourth-order valence-electron chi connectivity index (χ4n) is 1.39. The first-order chi connectivity index (χ1) is 7.10. The lowest BCUT2D eigenvalue weighted by Gasteiger charge is -2.01. The third-order valence-electron chi connectivity index (χ3n) is 2.11. The van der Waals surface area contributed by atoms with Crippen LogP contribution in [-0.2, 0) is 16.3 Å². The molecule has 0 aromatic heterocycles. The normalized spacial score (nSPS) is 12.1. The Morgan fingerprint density at radius 3 is 2.27 bits per heavy atom. The molecule has 0 spiro atoms. The zero-order valence-corrected chi connectivity index (χ0v) is 9.92. The summed E-state index contributed by atoms with van der Waals surface area (Å²) in [6.07, 6.45) is 3.60. The van der Waals surface area contributed by atoms with Gasteiger partial charge in [-0.15, -0.1) is 0 Å². The van der Waals surface area contributed by atoms with Gasteiger partial charge in [0.2, 0.25) is 0 Å². The van der Waals surface area contributed by atoms with Gasteiger partial charge in [-0.25, -0.2) is 8.42 Å². The van der Waals surface area contributed by atoms with Crippen molar-refractivity contribution in [1.82, 2.24) is 0 Å². The lowest BCUT2D eigenvalue weighted by molar-refractivity contribution is 0.604. The smallest absolute Gasteiger partial charge is 0.199 e. The molecule has 0 aliphatic rings. The van der Waals surface area contributed by atoms with Gasteiger partial charge in [0.05, 0.1) is 4.90 Å². The van der Waals surface area contributed by atoms with Gasteiger partial charge in [-0.2, -0.15) is 0 Å². The number of rotatable bonds is 4. The highest BCUT2D eigenvalue weighted by molar-refractivity contribution is 7.94. The quantitative estimate of drug-likeness (QED) is 0.788. The van der Waals surface area contributed by atoms with E-state index in [2.05, 4.69) is 6.92 Å². The molecule has 0 saturated heterocycles. The van der Waals surface area contributed by atoms with Crippen molar-refractivity contribution in [2.45, 2.75) is 31.6 Å². The van der Waals surface area contributed by atoms with E-state index in [1.807, 2.05) is 12.1 Å². The van der Waals surface area contributed by atoms with Crippen LogP contribution in [0.15, 0.2) is 40.6 Å². The molecule has 2 nitrogen and oxygen atoms in total. The first-order valence-electron chi connectivity index (χ1n) is 5.07. The van der Waals surface area contributed by atoms with Crippen LogP contribution in [-0.4, -0.2) is 8.42 Å². The number of hydrogen-bond donors (Lipinski definition) is 0. The minimum absolute atomic E-state index is 0.362. The summed E-state index contributed by atoms with van der Waals surface area (Å²) >= 11 is 0. The largest absolute Gasteiger partial charge is 0.219 e. The fourth-order valence-corrected chi connectivity index (χ4v) is 2.42. The van der Waals surface area contributed by atoms with Gasteiger partial charge in [0, 0.05) is 5.41 Å². The van der Waals surface area contributed by atoms with Crippen molar-refractivity contribution in [3.05, 3.63) is 41.3 Å². The standard InChI is InChI=1S/C12H16O2S/c1-3-5-11-6-8-12(9-7-11)15(13,14)10-4-2/h4,6-10H,3,5H2,1-2H3/b10-4+. The van der Waals surface area contributed by atoms with Gasteiger partial charge < -0.3 is 0 Å². The van der Waals surface area contributed by atoms with Crippen LogP contribution in [0.25, 0.3) is 0 Å². The molecule has 0 heterocycles. The highest BCUT2D eigenvalue weighted by atomic mass is 32.2. The van der Waals surface area contributed by atoms with E-state index in [0.29, 0.717) is 4.90 Å². The molecule has 0 bridgehead atoms. The van der Waals surface area contributed by atoms with Crippen molar-refractivity contribution < 1.29 is 8.42 Å². The fraction of sp³-hybridized carbons (Fsp3) is 0.333. The van der Waals surface area contributed by atoms with E-state index in [9.17, 15) is 8.42 Å². The maximum atomic E-state index is 11.6. The molecule has 1 rings (SSSR count). The molecule has 1 aromatic rings. The maximum Gasteiger partial charge on any atom is 0.199 e. The Hall–Kier alpha value is -1.09. The molecule has 0 unspecified atom stereocenters. The topological polar surface area (TPSA) is 34.1 Å². The zero-order valence-electron chi connectivity index (χ0n) is 9.10. The average Bonchev–Trinajstić information content (AvgIpc) is 2.19. The molecule has 0 radical (unpaired) electrons.